The topological polar surface area (TPSA) is 85.2 Å². The molecule has 0 unspecified atom stereocenters. The highest BCUT2D eigenvalue weighted by molar-refractivity contribution is 5.90. The van der Waals surface area contributed by atoms with Gasteiger partial charge in [0.15, 0.2) is 0 Å². The molecular weight excluding hydrogens is 236 g/mol. The fourth-order valence-corrected chi connectivity index (χ4v) is 1.68. The van der Waals surface area contributed by atoms with Gasteiger partial charge < -0.3 is 9.72 Å². The average Bonchev–Trinajstić information content (AvgIpc) is 2.70. The number of nitrogens with zero attached hydrogens (tertiary/aromatic N) is 1. The molecule has 0 fully saturated rings. The Kier molecular flexibility index (Phi) is 4.88. The Balaban J connectivity index is 3.02. The van der Waals surface area contributed by atoms with E-state index in [1.165, 1.54) is 6.20 Å². The standard InChI is InChI=1S/C12H18N2O4/c1-4-18-12(15)11-9(6-5-8(2)3)10(7-13-11)14(16)17/h7-8,13H,4-6H2,1-3H3. The van der Waals surface area contributed by atoms with E-state index in [1.807, 2.05) is 13.8 Å². The highest BCUT2D eigenvalue weighted by atomic mass is 16.6. The van der Waals surface area contributed by atoms with Crippen LogP contribution in [0.2, 0.25) is 0 Å². The van der Waals surface area contributed by atoms with Crippen molar-refractivity contribution >= 4 is 11.7 Å². The van der Waals surface area contributed by atoms with Gasteiger partial charge in [-0.05, 0) is 25.7 Å². The van der Waals surface area contributed by atoms with E-state index in [9.17, 15) is 14.9 Å². The van der Waals surface area contributed by atoms with Crippen molar-refractivity contribution in [2.45, 2.75) is 33.6 Å². The molecule has 1 rings (SSSR count). The molecule has 1 aromatic heterocycles. The lowest BCUT2D eigenvalue weighted by atomic mass is 10.0. The number of hydrogen-bond donors (Lipinski definition) is 1. The Labute approximate surface area is 105 Å². The highest BCUT2D eigenvalue weighted by Gasteiger charge is 2.25. The molecule has 0 atom stereocenters. The number of rotatable bonds is 6. The summed E-state index contributed by atoms with van der Waals surface area (Å²) in [5, 5.41) is 10.9. The fourth-order valence-electron chi connectivity index (χ4n) is 1.68. The van der Waals surface area contributed by atoms with Gasteiger partial charge in [-0.1, -0.05) is 13.8 Å². The molecule has 1 heterocycles. The molecule has 0 bridgehead atoms. The summed E-state index contributed by atoms with van der Waals surface area (Å²) in [6, 6.07) is 0. The van der Waals surface area contributed by atoms with Crippen LogP contribution in [0.25, 0.3) is 0 Å². The maximum Gasteiger partial charge on any atom is 0.355 e. The van der Waals surface area contributed by atoms with Gasteiger partial charge in [0, 0.05) is 0 Å². The maximum atomic E-state index is 11.7. The van der Waals surface area contributed by atoms with Gasteiger partial charge in [-0.2, -0.15) is 0 Å². The van der Waals surface area contributed by atoms with Crippen molar-refractivity contribution in [2.75, 3.05) is 6.61 Å². The van der Waals surface area contributed by atoms with Gasteiger partial charge >= 0.3 is 5.97 Å². The molecule has 0 aromatic carbocycles. The van der Waals surface area contributed by atoms with E-state index in [1.54, 1.807) is 6.92 Å². The fraction of sp³-hybridized carbons (Fsp3) is 0.583. The minimum absolute atomic E-state index is 0.0429. The number of nitrogens with one attached hydrogen (secondary N) is 1. The first kappa shape index (κ1) is 14.2. The number of esters is 1. The van der Waals surface area contributed by atoms with Crippen LogP contribution in [0.5, 0.6) is 0 Å². The summed E-state index contributed by atoms with van der Waals surface area (Å²) >= 11 is 0. The second-order valence-corrected chi connectivity index (χ2v) is 4.44. The number of aromatic nitrogens is 1. The summed E-state index contributed by atoms with van der Waals surface area (Å²) in [5.74, 6) is -0.126. The third-order valence-corrected chi connectivity index (χ3v) is 2.61. The van der Waals surface area contributed by atoms with E-state index in [0.29, 0.717) is 17.9 Å². The summed E-state index contributed by atoms with van der Waals surface area (Å²) in [6.07, 6.45) is 2.53. The maximum absolute atomic E-state index is 11.7. The Bertz CT molecular complexity index is 437. The lowest BCUT2D eigenvalue weighted by Crippen LogP contribution is -2.09. The minimum atomic E-state index is -0.538. The van der Waals surface area contributed by atoms with E-state index < -0.39 is 10.9 Å². The number of nitro groups is 1. The second kappa shape index (κ2) is 6.18. The molecule has 0 saturated carbocycles. The zero-order chi connectivity index (χ0) is 13.7. The molecule has 100 valence electrons. The summed E-state index contributed by atoms with van der Waals surface area (Å²) in [4.78, 5) is 24.7. The molecule has 18 heavy (non-hydrogen) atoms. The van der Waals surface area contributed by atoms with Crippen LogP contribution >= 0.6 is 0 Å². The third kappa shape index (κ3) is 3.32. The van der Waals surface area contributed by atoms with Crippen LogP contribution in [0.15, 0.2) is 6.20 Å². The van der Waals surface area contributed by atoms with Crippen molar-refractivity contribution in [3.8, 4) is 0 Å². The molecule has 0 saturated heterocycles. The van der Waals surface area contributed by atoms with E-state index in [2.05, 4.69) is 4.98 Å². The number of H-pyrrole nitrogens is 1. The molecule has 0 aliphatic carbocycles. The van der Waals surface area contributed by atoms with Crippen molar-refractivity contribution < 1.29 is 14.5 Å². The summed E-state index contributed by atoms with van der Waals surface area (Å²) in [5.41, 5.74) is 0.593. The molecule has 6 nitrogen and oxygen atoms in total. The summed E-state index contributed by atoms with van der Waals surface area (Å²) in [7, 11) is 0. The van der Waals surface area contributed by atoms with Crippen molar-refractivity contribution in [3.63, 3.8) is 0 Å². The van der Waals surface area contributed by atoms with Gasteiger partial charge in [0.2, 0.25) is 0 Å². The Hall–Kier alpha value is -1.85. The van der Waals surface area contributed by atoms with E-state index in [-0.39, 0.29) is 18.0 Å². The average molecular weight is 254 g/mol. The largest absolute Gasteiger partial charge is 0.461 e. The lowest BCUT2D eigenvalue weighted by Gasteiger charge is -2.05. The van der Waals surface area contributed by atoms with Crippen LogP contribution in [0.3, 0.4) is 0 Å². The molecule has 1 N–H and O–H groups in total. The highest BCUT2D eigenvalue weighted by Crippen LogP contribution is 2.25. The van der Waals surface area contributed by atoms with Crippen molar-refractivity contribution in [1.29, 1.82) is 0 Å². The van der Waals surface area contributed by atoms with Gasteiger partial charge in [-0.15, -0.1) is 0 Å². The lowest BCUT2D eigenvalue weighted by molar-refractivity contribution is -0.385. The van der Waals surface area contributed by atoms with Crippen LogP contribution in [-0.4, -0.2) is 22.5 Å². The Morgan fingerprint density at radius 3 is 2.72 bits per heavy atom. The Morgan fingerprint density at radius 2 is 2.22 bits per heavy atom. The van der Waals surface area contributed by atoms with E-state index in [4.69, 9.17) is 4.74 Å². The third-order valence-electron chi connectivity index (χ3n) is 2.61. The van der Waals surface area contributed by atoms with Crippen LogP contribution in [0.4, 0.5) is 5.69 Å². The minimum Gasteiger partial charge on any atom is -0.461 e. The molecule has 0 spiro atoms. The zero-order valence-corrected chi connectivity index (χ0v) is 10.9. The second-order valence-electron chi connectivity index (χ2n) is 4.44. The van der Waals surface area contributed by atoms with E-state index >= 15 is 0 Å². The van der Waals surface area contributed by atoms with Crippen LogP contribution in [0, 0.1) is 16.0 Å². The number of aromatic amines is 1. The van der Waals surface area contributed by atoms with Crippen LogP contribution in [0.1, 0.15) is 43.2 Å². The first-order chi connectivity index (χ1) is 8.47. The molecule has 0 radical (unpaired) electrons. The number of ether oxygens (including phenoxy) is 1. The Morgan fingerprint density at radius 1 is 1.56 bits per heavy atom. The summed E-state index contributed by atoms with van der Waals surface area (Å²) < 4.78 is 4.88. The van der Waals surface area contributed by atoms with E-state index in [0.717, 1.165) is 6.42 Å². The normalized spacial score (nSPS) is 10.7. The first-order valence-electron chi connectivity index (χ1n) is 5.99. The first-order valence-corrected chi connectivity index (χ1v) is 5.99. The predicted octanol–water partition coefficient (Wildman–Crippen LogP) is 2.69. The zero-order valence-electron chi connectivity index (χ0n) is 10.9. The number of carbonyl (C=O) groups excluding carboxylic acids is 1. The SMILES string of the molecule is CCOC(=O)c1[nH]cc([N+](=O)[O-])c1CCC(C)C. The van der Waals surface area contributed by atoms with Crippen LogP contribution < -0.4 is 0 Å². The van der Waals surface area contributed by atoms with Crippen molar-refractivity contribution in [3.05, 3.63) is 27.6 Å². The van der Waals surface area contributed by atoms with Gasteiger partial charge in [-0.3, -0.25) is 10.1 Å². The molecule has 0 amide bonds. The number of hydrogen-bond acceptors (Lipinski definition) is 4. The van der Waals surface area contributed by atoms with Crippen molar-refractivity contribution in [1.82, 2.24) is 4.98 Å². The quantitative estimate of drug-likeness (QED) is 0.480. The molecule has 1 aromatic rings. The molecule has 0 aliphatic heterocycles. The molecule has 6 heteroatoms. The summed E-state index contributed by atoms with van der Waals surface area (Å²) in [6.45, 7) is 6.00. The molecule has 0 aliphatic rings. The van der Waals surface area contributed by atoms with Gasteiger partial charge in [0.25, 0.3) is 5.69 Å². The molecular formula is C12H18N2O4. The predicted molar refractivity (Wildman–Crippen MR) is 66.6 cm³/mol. The van der Waals surface area contributed by atoms with Crippen molar-refractivity contribution in [2.24, 2.45) is 5.92 Å². The number of carbonyl (C=O) groups is 1. The smallest absolute Gasteiger partial charge is 0.355 e. The van der Waals surface area contributed by atoms with Crippen LogP contribution in [-0.2, 0) is 11.2 Å². The van der Waals surface area contributed by atoms with Gasteiger partial charge in [0.05, 0.1) is 23.3 Å². The van der Waals surface area contributed by atoms with Gasteiger partial charge in [0.1, 0.15) is 5.69 Å². The monoisotopic (exact) mass is 254 g/mol. The van der Waals surface area contributed by atoms with Gasteiger partial charge in [-0.25, -0.2) is 4.79 Å².